The molecule has 6 nitrogen and oxygen atoms in total. The molecule has 2 aromatic heterocycles. The van der Waals surface area contributed by atoms with Crippen molar-refractivity contribution in [1.29, 1.82) is 0 Å². The van der Waals surface area contributed by atoms with E-state index in [1.807, 2.05) is 32.4 Å². The van der Waals surface area contributed by atoms with Crippen LogP contribution < -0.4 is 4.74 Å². The lowest BCUT2D eigenvalue weighted by molar-refractivity contribution is 0.0724. The molecule has 1 aromatic carbocycles. The van der Waals surface area contributed by atoms with Crippen molar-refractivity contribution in [3.05, 3.63) is 54.2 Å². The molecule has 0 aliphatic rings. The lowest BCUT2D eigenvalue weighted by Crippen LogP contribution is -2.15. The minimum Gasteiger partial charge on any atom is -0.420 e. The molecule has 0 fully saturated rings. The largest absolute Gasteiger partial charge is 0.420 e. The van der Waals surface area contributed by atoms with Gasteiger partial charge in [0.15, 0.2) is 0 Å². The van der Waals surface area contributed by atoms with Crippen LogP contribution in [0.4, 0.5) is 0 Å². The summed E-state index contributed by atoms with van der Waals surface area (Å²) in [7, 11) is 4.06. The van der Waals surface area contributed by atoms with Gasteiger partial charge in [-0.2, -0.15) is 0 Å². The number of rotatable bonds is 5. The fraction of sp³-hybridized carbons (Fsp3) is 0.235. The molecule has 23 heavy (non-hydrogen) atoms. The number of benzene rings is 1. The quantitative estimate of drug-likeness (QED) is 0.578. The molecule has 6 heteroatoms. The molecular weight excluding hydrogens is 292 g/mol. The molecular formula is C17H18N4O2. The van der Waals surface area contributed by atoms with Gasteiger partial charge in [-0.25, -0.2) is 14.8 Å². The van der Waals surface area contributed by atoms with Crippen molar-refractivity contribution in [2.75, 3.05) is 20.6 Å². The standard InChI is InChI=1S/C17H18N4O2/c1-21(2)10-7-12-11-20-13-5-3-6-14(15(12)13)23-17(22)16-18-8-4-9-19-16/h3-6,8-9,11,20H,7,10H2,1-2H3. The van der Waals surface area contributed by atoms with Gasteiger partial charge in [0.05, 0.1) is 0 Å². The Labute approximate surface area is 134 Å². The number of hydrogen-bond donors (Lipinski definition) is 1. The number of esters is 1. The topological polar surface area (TPSA) is 71.1 Å². The molecule has 0 saturated heterocycles. The van der Waals surface area contributed by atoms with Crippen LogP contribution in [0.25, 0.3) is 10.9 Å². The number of aromatic nitrogens is 3. The van der Waals surface area contributed by atoms with Gasteiger partial charge < -0.3 is 14.6 Å². The van der Waals surface area contributed by atoms with Crippen LogP contribution >= 0.6 is 0 Å². The molecule has 0 spiro atoms. The summed E-state index contributed by atoms with van der Waals surface area (Å²) in [6.07, 6.45) is 5.86. The summed E-state index contributed by atoms with van der Waals surface area (Å²) in [5.41, 5.74) is 2.06. The molecule has 0 aliphatic carbocycles. The van der Waals surface area contributed by atoms with E-state index in [0.717, 1.165) is 29.4 Å². The summed E-state index contributed by atoms with van der Waals surface area (Å²) in [6, 6.07) is 7.26. The molecule has 0 aliphatic heterocycles. The Morgan fingerprint density at radius 1 is 1.22 bits per heavy atom. The van der Waals surface area contributed by atoms with E-state index in [0.29, 0.717) is 5.75 Å². The minimum absolute atomic E-state index is 0.0508. The van der Waals surface area contributed by atoms with E-state index in [2.05, 4.69) is 19.9 Å². The van der Waals surface area contributed by atoms with Gasteiger partial charge in [0, 0.05) is 36.0 Å². The van der Waals surface area contributed by atoms with Gasteiger partial charge in [-0.1, -0.05) is 6.07 Å². The van der Waals surface area contributed by atoms with E-state index in [-0.39, 0.29) is 5.82 Å². The number of hydrogen-bond acceptors (Lipinski definition) is 5. The van der Waals surface area contributed by atoms with Crippen molar-refractivity contribution in [3.63, 3.8) is 0 Å². The fourth-order valence-electron chi connectivity index (χ4n) is 2.40. The normalized spacial score (nSPS) is 11.1. The Balaban J connectivity index is 1.91. The van der Waals surface area contributed by atoms with Crippen molar-refractivity contribution >= 4 is 16.9 Å². The highest BCUT2D eigenvalue weighted by Gasteiger charge is 2.16. The van der Waals surface area contributed by atoms with E-state index in [9.17, 15) is 4.79 Å². The van der Waals surface area contributed by atoms with Crippen LogP contribution in [0.2, 0.25) is 0 Å². The highest BCUT2D eigenvalue weighted by Crippen LogP contribution is 2.29. The van der Waals surface area contributed by atoms with E-state index >= 15 is 0 Å². The molecule has 0 bridgehead atoms. The minimum atomic E-state index is -0.558. The maximum Gasteiger partial charge on any atom is 0.381 e. The maximum atomic E-state index is 12.2. The van der Waals surface area contributed by atoms with Crippen molar-refractivity contribution in [1.82, 2.24) is 19.9 Å². The summed E-state index contributed by atoms with van der Waals surface area (Å²) < 4.78 is 5.52. The van der Waals surface area contributed by atoms with Gasteiger partial charge in [0.1, 0.15) is 5.75 Å². The Morgan fingerprint density at radius 3 is 2.74 bits per heavy atom. The summed E-state index contributed by atoms with van der Waals surface area (Å²) in [5.74, 6) is 0.0164. The van der Waals surface area contributed by atoms with Crippen molar-refractivity contribution in [2.24, 2.45) is 0 Å². The molecule has 3 rings (SSSR count). The number of fused-ring (bicyclic) bond motifs is 1. The number of nitrogens with one attached hydrogen (secondary N) is 1. The van der Waals surface area contributed by atoms with Crippen LogP contribution in [0.5, 0.6) is 5.75 Å². The Kier molecular flexibility index (Phi) is 4.34. The lowest BCUT2D eigenvalue weighted by Gasteiger charge is -2.10. The highest BCUT2D eigenvalue weighted by atomic mass is 16.5. The Morgan fingerprint density at radius 2 is 2.00 bits per heavy atom. The molecule has 0 unspecified atom stereocenters. The van der Waals surface area contributed by atoms with Crippen molar-refractivity contribution in [2.45, 2.75) is 6.42 Å². The first kappa shape index (κ1) is 15.2. The summed E-state index contributed by atoms with van der Waals surface area (Å²) in [5, 5.41) is 0.929. The van der Waals surface area contributed by atoms with Gasteiger partial charge in [-0.15, -0.1) is 0 Å². The third-order valence-corrected chi connectivity index (χ3v) is 3.53. The first-order valence-corrected chi connectivity index (χ1v) is 7.38. The average molecular weight is 310 g/mol. The molecule has 0 saturated carbocycles. The zero-order chi connectivity index (χ0) is 16.2. The molecule has 3 aromatic rings. The molecule has 0 atom stereocenters. The second-order valence-corrected chi connectivity index (χ2v) is 5.51. The molecule has 0 radical (unpaired) electrons. The number of ether oxygens (including phenoxy) is 1. The van der Waals surface area contributed by atoms with E-state index in [1.54, 1.807) is 12.1 Å². The van der Waals surface area contributed by atoms with Gasteiger partial charge in [-0.3, -0.25) is 0 Å². The number of carbonyl (C=O) groups excluding carboxylic acids is 1. The first-order valence-electron chi connectivity index (χ1n) is 7.38. The van der Waals surface area contributed by atoms with Crippen LogP contribution in [0, 0.1) is 0 Å². The summed E-state index contributed by atoms with van der Waals surface area (Å²) in [6.45, 7) is 0.914. The maximum absolute atomic E-state index is 12.2. The molecule has 1 N–H and O–H groups in total. The van der Waals surface area contributed by atoms with Crippen LogP contribution in [-0.2, 0) is 6.42 Å². The average Bonchev–Trinajstić information content (AvgIpc) is 2.98. The smallest absolute Gasteiger partial charge is 0.381 e. The zero-order valence-corrected chi connectivity index (χ0v) is 13.1. The second-order valence-electron chi connectivity index (χ2n) is 5.51. The fourth-order valence-corrected chi connectivity index (χ4v) is 2.40. The molecule has 118 valence electrons. The second kappa shape index (κ2) is 6.58. The zero-order valence-electron chi connectivity index (χ0n) is 13.1. The lowest BCUT2D eigenvalue weighted by atomic mass is 10.1. The SMILES string of the molecule is CN(C)CCc1c[nH]c2cccc(OC(=O)c3ncccn3)c12. The monoisotopic (exact) mass is 310 g/mol. The van der Waals surface area contributed by atoms with Gasteiger partial charge in [0.25, 0.3) is 0 Å². The number of aromatic amines is 1. The van der Waals surface area contributed by atoms with Crippen LogP contribution in [-0.4, -0.2) is 46.5 Å². The van der Waals surface area contributed by atoms with Crippen LogP contribution in [0.1, 0.15) is 16.2 Å². The van der Waals surface area contributed by atoms with Gasteiger partial charge in [-0.05, 0) is 44.3 Å². The number of likely N-dealkylation sites (N-methyl/N-ethyl adjacent to an activating group) is 1. The Bertz CT molecular complexity index is 812. The molecule has 0 amide bonds. The first-order chi connectivity index (χ1) is 11.1. The number of H-pyrrole nitrogens is 1. The summed E-state index contributed by atoms with van der Waals surface area (Å²) in [4.78, 5) is 25.4. The highest BCUT2D eigenvalue weighted by molar-refractivity contribution is 5.94. The molecule has 2 heterocycles. The van der Waals surface area contributed by atoms with Crippen molar-refractivity contribution < 1.29 is 9.53 Å². The number of nitrogens with zero attached hydrogens (tertiary/aromatic N) is 3. The third-order valence-electron chi connectivity index (χ3n) is 3.53. The van der Waals surface area contributed by atoms with E-state index in [4.69, 9.17) is 4.74 Å². The number of carbonyl (C=O) groups is 1. The Hall–Kier alpha value is -2.73. The van der Waals surface area contributed by atoms with E-state index in [1.165, 1.54) is 12.4 Å². The predicted octanol–water partition coefficient (Wildman–Crippen LogP) is 2.28. The predicted molar refractivity (Wildman–Crippen MR) is 87.5 cm³/mol. The van der Waals surface area contributed by atoms with Crippen molar-refractivity contribution in [3.8, 4) is 5.75 Å². The third kappa shape index (κ3) is 3.37. The summed E-state index contributed by atoms with van der Waals surface area (Å²) >= 11 is 0. The van der Waals surface area contributed by atoms with E-state index < -0.39 is 5.97 Å². The van der Waals surface area contributed by atoms with Crippen LogP contribution in [0.3, 0.4) is 0 Å². The van der Waals surface area contributed by atoms with Gasteiger partial charge in [0.2, 0.25) is 5.82 Å². The van der Waals surface area contributed by atoms with Gasteiger partial charge >= 0.3 is 5.97 Å². The van der Waals surface area contributed by atoms with Crippen LogP contribution in [0.15, 0.2) is 42.9 Å².